The molecule has 0 radical (unpaired) electrons. The summed E-state index contributed by atoms with van der Waals surface area (Å²) in [7, 11) is 0. The van der Waals surface area contributed by atoms with Crippen molar-refractivity contribution in [3.63, 3.8) is 0 Å². The van der Waals surface area contributed by atoms with Crippen molar-refractivity contribution in [1.29, 1.82) is 0 Å². The van der Waals surface area contributed by atoms with Crippen molar-refractivity contribution in [3.8, 4) is 5.75 Å². The van der Waals surface area contributed by atoms with Crippen molar-refractivity contribution in [2.45, 2.75) is 25.5 Å². The molecule has 0 aromatic heterocycles. The van der Waals surface area contributed by atoms with E-state index >= 15 is 0 Å². The first kappa shape index (κ1) is 18.7. The fourth-order valence-electron chi connectivity index (χ4n) is 3.85. The zero-order chi connectivity index (χ0) is 17.1. The number of benzene rings is 2. The number of nitrogens with zero attached hydrogens (tertiary/aromatic N) is 1. The van der Waals surface area contributed by atoms with Crippen LogP contribution in [0.25, 0.3) is 0 Å². The number of carbonyl (C=O) groups excluding carboxylic acids is 1. The minimum atomic E-state index is 0. The summed E-state index contributed by atoms with van der Waals surface area (Å²) in [5.74, 6) is 1.55. The minimum absolute atomic E-state index is 0. The molecule has 1 amide bonds. The number of amides is 1. The van der Waals surface area contributed by atoms with Crippen LogP contribution in [0.3, 0.4) is 0 Å². The normalized spacial score (nSPS) is 21.6. The Bertz CT molecular complexity index is 721. The van der Waals surface area contributed by atoms with Crippen molar-refractivity contribution in [2.75, 3.05) is 19.6 Å². The van der Waals surface area contributed by atoms with E-state index in [4.69, 9.17) is 4.74 Å². The van der Waals surface area contributed by atoms with Gasteiger partial charge in [-0.25, -0.2) is 0 Å². The second-order valence-electron chi connectivity index (χ2n) is 6.95. The number of hydrogen-bond donors (Lipinski definition) is 1. The molecule has 2 fully saturated rings. The van der Waals surface area contributed by atoms with Crippen molar-refractivity contribution in [1.82, 2.24) is 10.2 Å². The average Bonchev–Trinajstić information content (AvgIpc) is 3.15. The van der Waals surface area contributed by atoms with Gasteiger partial charge in [-0.05, 0) is 55.1 Å². The fraction of sp³-hybridized carbons (Fsp3) is 0.381. The molecule has 2 aromatic carbocycles. The van der Waals surface area contributed by atoms with Gasteiger partial charge in [0.1, 0.15) is 12.4 Å². The van der Waals surface area contributed by atoms with Crippen molar-refractivity contribution >= 4 is 18.3 Å². The van der Waals surface area contributed by atoms with Crippen molar-refractivity contribution in [3.05, 3.63) is 65.7 Å². The molecule has 2 saturated heterocycles. The third-order valence-corrected chi connectivity index (χ3v) is 5.29. The van der Waals surface area contributed by atoms with E-state index in [0.717, 1.165) is 42.9 Å². The number of rotatable bonds is 4. The lowest BCUT2D eigenvalue weighted by atomic mass is 9.93. The summed E-state index contributed by atoms with van der Waals surface area (Å²) in [5, 5.41) is 3.54. The first-order valence-electron chi connectivity index (χ1n) is 9.09. The summed E-state index contributed by atoms with van der Waals surface area (Å²) in [6.07, 6.45) is 2.25. The standard InChI is InChI=1S/C21H24N2O2.ClH/c24-21(23-13-11-20-18(14-23)10-12-22-20)17-6-8-19(9-7-17)25-15-16-4-2-1-3-5-16;/h1-9,18,20,22H,10-15H2;1H. The Morgan fingerprint density at radius 3 is 2.62 bits per heavy atom. The van der Waals surface area contributed by atoms with E-state index in [0.29, 0.717) is 18.6 Å². The number of halogens is 1. The molecule has 2 aliphatic heterocycles. The van der Waals surface area contributed by atoms with Crippen molar-refractivity contribution < 1.29 is 9.53 Å². The SMILES string of the molecule is Cl.O=C(c1ccc(OCc2ccccc2)cc1)N1CCC2NCCC2C1. The van der Waals surface area contributed by atoms with Crippen LogP contribution >= 0.6 is 12.4 Å². The average molecular weight is 373 g/mol. The molecule has 2 aliphatic rings. The molecule has 2 unspecified atom stereocenters. The summed E-state index contributed by atoms with van der Waals surface area (Å²) in [5.41, 5.74) is 1.88. The highest BCUT2D eigenvalue weighted by Gasteiger charge is 2.34. The summed E-state index contributed by atoms with van der Waals surface area (Å²) in [4.78, 5) is 14.8. The molecule has 5 heteroatoms. The van der Waals surface area contributed by atoms with Crippen LogP contribution in [0.1, 0.15) is 28.8 Å². The third-order valence-electron chi connectivity index (χ3n) is 5.29. The fourth-order valence-corrected chi connectivity index (χ4v) is 3.85. The van der Waals surface area contributed by atoms with Crippen molar-refractivity contribution in [2.24, 2.45) is 5.92 Å². The van der Waals surface area contributed by atoms with Gasteiger partial charge in [0.25, 0.3) is 5.91 Å². The molecule has 4 nitrogen and oxygen atoms in total. The highest BCUT2D eigenvalue weighted by atomic mass is 35.5. The molecule has 138 valence electrons. The first-order chi connectivity index (χ1) is 12.3. The number of hydrogen-bond acceptors (Lipinski definition) is 3. The molecule has 0 bridgehead atoms. The van der Waals surface area contributed by atoms with Gasteiger partial charge >= 0.3 is 0 Å². The Balaban J connectivity index is 0.00000196. The molecular weight excluding hydrogens is 348 g/mol. The van der Waals surface area contributed by atoms with E-state index < -0.39 is 0 Å². The Hall–Kier alpha value is -2.04. The lowest BCUT2D eigenvalue weighted by Gasteiger charge is -2.34. The molecule has 1 N–H and O–H groups in total. The van der Waals surface area contributed by atoms with Gasteiger partial charge in [0.2, 0.25) is 0 Å². The zero-order valence-electron chi connectivity index (χ0n) is 14.8. The molecule has 2 atom stereocenters. The van der Waals surface area contributed by atoms with E-state index in [1.165, 1.54) is 6.42 Å². The maximum Gasteiger partial charge on any atom is 0.253 e. The van der Waals surface area contributed by atoms with Gasteiger partial charge in [-0.1, -0.05) is 30.3 Å². The number of piperidine rings is 1. The summed E-state index contributed by atoms with van der Waals surface area (Å²) < 4.78 is 5.80. The maximum absolute atomic E-state index is 12.7. The van der Waals surface area contributed by atoms with Crippen LogP contribution in [0, 0.1) is 5.92 Å². The molecule has 2 heterocycles. The van der Waals surface area contributed by atoms with Crippen LogP contribution in [0.5, 0.6) is 5.75 Å². The van der Waals surface area contributed by atoms with E-state index in [9.17, 15) is 4.79 Å². The Labute approximate surface area is 160 Å². The summed E-state index contributed by atoms with van der Waals surface area (Å²) >= 11 is 0. The van der Waals surface area contributed by atoms with Crippen LogP contribution < -0.4 is 10.1 Å². The molecule has 0 spiro atoms. The van der Waals surface area contributed by atoms with Gasteiger partial charge in [0, 0.05) is 24.7 Å². The second-order valence-corrected chi connectivity index (χ2v) is 6.95. The number of ether oxygens (including phenoxy) is 1. The summed E-state index contributed by atoms with van der Waals surface area (Å²) in [6.45, 7) is 3.35. The lowest BCUT2D eigenvalue weighted by Crippen LogP contribution is -2.46. The minimum Gasteiger partial charge on any atom is -0.489 e. The third kappa shape index (κ3) is 4.19. The van der Waals surface area contributed by atoms with E-state index in [-0.39, 0.29) is 18.3 Å². The first-order valence-corrected chi connectivity index (χ1v) is 9.09. The van der Waals surface area contributed by atoms with Crippen LogP contribution in [0.15, 0.2) is 54.6 Å². The predicted molar refractivity (Wildman–Crippen MR) is 105 cm³/mol. The number of nitrogens with one attached hydrogen (secondary N) is 1. The molecule has 2 aromatic rings. The molecule has 4 rings (SSSR count). The largest absolute Gasteiger partial charge is 0.489 e. The number of fused-ring (bicyclic) bond motifs is 1. The smallest absolute Gasteiger partial charge is 0.253 e. The highest BCUT2D eigenvalue weighted by Crippen LogP contribution is 2.26. The highest BCUT2D eigenvalue weighted by molar-refractivity contribution is 5.94. The molecular formula is C21H25ClN2O2. The lowest BCUT2D eigenvalue weighted by molar-refractivity contribution is 0.0662. The Morgan fingerprint density at radius 2 is 1.85 bits per heavy atom. The maximum atomic E-state index is 12.7. The van der Waals surface area contributed by atoms with E-state index in [1.807, 2.05) is 59.5 Å². The van der Waals surface area contributed by atoms with Crippen LogP contribution in [-0.2, 0) is 6.61 Å². The predicted octanol–water partition coefficient (Wildman–Crippen LogP) is 3.51. The van der Waals surface area contributed by atoms with Gasteiger partial charge in [0.05, 0.1) is 0 Å². The van der Waals surface area contributed by atoms with Gasteiger partial charge in [0.15, 0.2) is 0 Å². The molecule has 0 saturated carbocycles. The van der Waals surface area contributed by atoms with Crippen LogP contribution in [0.2, 0.25) is 0 Å². The number of likely N-dealkylation sites (tertiary alicyclic amines) is 1. The van der Waals surface area contributed by atoms with Gasteiger partial charge in [-0.3, -0.25) is 4.79 Å². The molecule has 0 aliphatic carbocycles. The zero-order valence-corrected chi connectivity index (χ0v) is 15.6. The van der Waals surface area contributed by atoms with Gasteiger partial charge < -0.3 is 15.0 Å². The van der Waals surface area contributed by atoms with Gasteiger partial charge in [-0.2, -0.15) is 0 Å². The van der Waals surface area contributed by atoms with Crippen LogP contribution in [0.4, 0.5) is 0 Å². The Kier molecular flexibility index (Phi) is 6.17. The summed E-state index contributed by atoms with van der Waals surface area (Å²) in [6, 6.07) is 18.2. The van der Waals surface area contributed by atoms with Gasteiger partial charge in [-0.15, -0.1) is 12.4 Å². The Morgan fingerprint density at radius 1 is 1.08 bits per heavy atom. The quantitative estimate of drug-likeness (QED) is 0.892. The number of carbonyl (C=O) groups is 1. The topological polar surface area (TPSA) is 41.6 Å². The van der Waals surface area contributed by atoms with E-state index in [1.54, 1.807) is 0 Å². The monoisotopic (exact) mass is 372 g/mol. The second kappa shape index (κ2) is 8.56. The van der Waals surface area contributed by atoms with E-state index in [2.05, 4.69) is 5.32 Å². The van der Waals surface area contributed by atoms with Crippen LogP contribution in [-0.4, -0.2) is 36.5 Å². The molecule has 26 heavy (non-hydrogen) atoms.